The minimum atomic E-state index is -0.666. The summed E-state index contributed by atoms with van der Waals surface area (Å²) in [6, 6.07) is 83.8. The predicted molar refractivity (Wildman–Crippen MR) is 304 cm³/mol. The Balaban J connectivity index is 0.923. The number of hydrogen-bond donors (Lipinski definition) is 1. The molecular formula is C70H46N2S. The topological polar surface area (TPSA) is 24.4 Å². The lowest BCUT2D eigenvalue weighted by atomic mass is 9.52. The van der Waals surface area contributed by atoms with Crippen LogP contribution in [0.5, 0.6) is 0 Å². The maximum Gasteiger partial charge on any atom is 0.145 e. The fraction of sp³-hybridized carbons (Fsp3) is 0.0429. The van der Waals surface area contributed by atoms with Crippen molar-refractivity contribution in [2.24, 2.45) is 4.99 Å². The van der Waals surface area contributed by atoms with Crippen molar-refractivity contribution in [3.63, 3.8) is 0 Å². The van der Waals surface area contributed by atoms with Crippen molar-refractivity contribution >= 4 is 39.5 Å². The number of hydrogen-bond acceptors (Lipinski definition) is 3. The molecule has 0 bridgehead atoms. The van der Waals surface area contributed by atoms with Crippen LogP contribution in [-0.4, -0.2) is 5.71 Å². The highest BCUT2D eigenvalue weighted by Crippen LogP contribution is 2.69. The molecule has 5 aliphatic rings. The van der Waals surface area contributed by atoms with Crippen molar-refractivity contribution in [1.29, 1.82) is 0 Å². The smallest absolute Gasteiger partial charge is 0.145 e. The first kappa shape index (κ1) is 42.0. The van der Waals surface area contributed by atoms with Crippen LogP contribution >= 0.6 is 11.8 Å². The van der Waals surface area contributed by atoms with Crippen LogP contribution in [0.15, 0.2) is 271 Å². The molecule has 0 aromatic heterocycles. The zero-order chi connectivity index (χ0) is 48.3. The third-order valence-electron chi connectivity index (χ3n) is 16.2. The van der Waals surface area contributed by atoms with E-state index in [4.69, 9.17) is 4.99 Å². The number of fused-ring (bicyclic) bond motifs is 19. The van der Waals surface area contributed by atoms with Crippen molar-refractivity contribution < 1.29 is 0 Å². The summed E-state index contributed by atoms with van der Waals surface area (Å²) in [7, 11) is 0. The molecule has 10 aromatic rings. The predicted octanol–water partition coefficient (Wildman–Crippen LogP) is 16.9. The van der Waals surface area contributed by atoms with E-state index in [0.29, 0.717) is 0 Å². The summed E-state index contributed by atoms with van der Waals surface area (Å²) in [5.41, 5.74) is 24.4. The Hall–Kier alpha value is -8.76. The van der Waals surface area contributed by atoms with E-state index in [2.05, 4.69) is 266 Å². The van der Waals surface area contributed by atoms with Crippen LogP contribution in [0.3, 0.4) is 0 Å². The molecule has 342 valence electrons. The second kappa shape index (κ2) is 16.1. The minimum Gasteiger partial charge on any atom is -0.360 e. The summed E-state index contributed by atoms with van der Waals surface area (Å²) < 4.78 is 0. The van der Waals surface area contributed by atoms with Gasteiger partial charge in [0.2, 0.25) is 0 Å². The number of allylic oxidation sites excluding steroid dienone is 5. The number of aliphatic imine (C=N–C) groups is 1. The highest BCUT2D eigenvalue weighted by Gasteiger charge is 2.59. The van der Waals surface area contributed by atoms with E-state index in [0.717, 1.165) is 39.2 Å². The van der Waals surface area contributed by atoms with Crippen LogP contribution in [0, 0.1) is 0 Å². The second-order valence-electron chi connectivity index (χ2n) is 19.8. The molecule has 73 heavy (non-hydrogen) atoms. The van der Waals surface area contributed by atoms with E-state index in [9.17, 15) is 0 Å². The van der Waals surface area contributed by atoms with Crippen molar-refractivity contribution in [1.82, 2.24) is 5.32 Å². The van der Waals surface area contributed by atoms with E-state index >= 15 is 0 Å². The van der Waals surface area contributed by atoms with E-state index < -0.39 is 10.8 Å². The van der Waals surface area contributed by atoms with E-state index in [-0.39, 0.29) is 6.17 Å². The molecule has 1 atom stereocenters. The van der Waals surface area contributed by atoms with Gasteiger partial charge in [-0.25, -0.2) is 0 Å². The Morgan fingerprint density at radius 1 is 0.425 bits per heavy atom. The average molecular weight is 947 g/mol. The van der Waals surface area contributed by atoms with Crippen LogP contribution in [0.25, 0.3) is 55.4 Å². The SMILES string of the molecule is C=C1/C=C\C=C/Sc2c1ccc1c2C2(c3cc(-c4ccc(C5N=C(c6ccc7ccccc7c6)C=C(c6ccccc6)N5)cc4)ccc3-1)c1ccccc1C1(c3ccccc3-c3ccccc31)c1ccccc12. The largest absolute Gasteiger partial charge is 0.360 e. The Morgan fingerprint density at radius 3 is 1.70 bits per heavy atom. The number of thioether (sulfide) groups is 1. The minimum absolute atomic E-state index is 0.280. The summed E-state index contributed by atoms with van der Waals surface area (Å²) >= 11 is 1.82. The van der Waals surface area contributed by atoms with Crippen LogP contribution in [-0.2, 0) is 10.8 Å². The molecular weight excluding hydrogens is 901 g/mol. The van der Waals surface area contributed by atoms with Crippen molar-refractivity contribution in [3.05, 3.63) is 328 Å². The van der Waals surface area contributed by atoms with Gasteiger partial charge in [0.25, 0.3) is 0 Å². The maximum atomic E-state index is 5.40. The Morgan fingerprint density at radius 2 is 0.986 bits per heavy atom. The summed E-state index contributed by atoms with van der Waals surface area (Å²) in [6.07, 6.45) is 8.32. The first-order valence-corrected chi connectivity index (χ1v) is 26.1. The zero-order valence-corrected chi connectivity index (χ0v) is 40.7. The average Bonchev–Trinajstić information content (AvgIpc) is 3.92. The molecule has 3 aliphatic carbocycles. The lowest BCUT2D eigenvalue weighted by Crippen LogP contribution is -2.44. The van der Waals surface area contributed by atoms with Gasteiger partial charge < -0.3 is 5.32 Å². The molecule has 0 saturated carbocycles. The highest BCUT2D eigenvalue weighted by molar-refractivity contribution is 8.02. The normalized spacial score (nSPS) is 17.6. The van der Waals surface area contributed by atoms with Gasteiger partial charge in [0.05, 0.1) is 16.5 Å². The molecule has 0 saturated heterocycles. The molecule has 1 unspecified atom stereocenters. The molecule has 10 aromatic carbocycles. The van der Waals surface area contributed by atoms with Gasteiger partial charge in [0.15, 0.2) is 0 Å². The molecule has 15 rings (SSSR count). The van der Waals surface area contributed by atoms with Crippen molar-refractivity contribution in [2.75, 3.05) is 0 Å². The van der Waals surface area contributed by atoms with E-state index in [1.54, 1.807) is 0 Å². The summed E-state index contributed by atoms with van der Waals surface area (Å²) in [4.78, 5) is 6.66. The Labute approximate surface area is 430 Å². The van der Waals surface area contributed by atoms with Crippen LogP contribution in [0.1, 0.15) is 72.9 Å². The maximum absolute atomic E-state index is 5.40. The molecule has 2 heterocycles. The number of nitrogens with one attached hydrogen (secondary N) is 1. The van der Waals surface area contributed by atoms with E-state index in [1.165, 1.54) is 93.6 Å². The number of rotatable bonds is 4. The van der Waals surface area contributed by atoms with Crippen LogP contribution in [0.4, 0.5) is 0 Å². The molecule has 2 aliphatic heterocycles. The molecule has 0 amide bonds. The van der Waals surface area contributed by atoms with Gasteiger partial charge in [-0.1, -0.05) is 249 Å². The molecule has 2 nitrogen and oxygen atoms in total. The highest BCUT2D eigenvalue weighted by atomic mass is 32.2. The van der Waals surface area contributed by atoms with Crippen LogP contribution < -0.4 is 5.32 Å². The third kappa shape index (κ3) is 5.97. The lowest BCUT2D eigenvalue weighted by molar-refractivity contribution is 0.626. The van der Waals surface area contributed by atoms with Gasteiger partial charge in [-0.3, -0.25) is 4.99 Å². The fourth-order valence-electron chi connectivity index (χ4n) is 13.2. The van der Waals surface area contributed by atoms with Crippen molar-refractivity contribution in [3.8, 4) is 33.4 Å². The molecule has 0 radical (unpaired) electrons. The fourth-order valence-corrected chi connectivity index (χ4v) is 14.2. The van der Waals surface area contributed by atoms with Gasteiger partial charge in [-0.05, 0) is 135 Å². The molecule has 0 fully saturated rings. The van der Waals surface area contributed by atoms with Gasteiger partial charge in [0.1, 0.15) is 6.17 Å². The molecule has 3 heteroatoms. The van der Waals surface area contributed by atoms with Gasteiger partial charge in [0, 0.05) is 16.2 Å². The third-order valence-corrected chi connectivity index (χ3v) is 17.2. The second-order valence-corrected chi connectivity index (χ2v) is 20.7. The van der Waals surface area contributed by atoms with Crippen molar-refractivity contribution in [2.45, 2.75) is 21.9 Å². The van der Waals surface area contributed by atoms with E-state index in [1.807, 2.05) is 11.8 Å². The summed E-state index contributed by atoms with van der Waals surface area (Å²) in [6.45, 7) is 4.66. The molecule has 2 spiro atoms. The molecule has 1 N–H and O–H groups in total. The number of benzene rings is 10. The van der Waals surface area contributed by atoms with Gasteiger partial charge in [-0.15, -0.1) is 0 Å². The Kier molecular flexibility index (Phi) is 9.27. The first-order valence-electron chi connectivity index (χ1n) is 25.2. The van der Waals surface area contributed by atoms with Gasteiger partial charge in [-0.2, -0.15) is 0 Å². The summed E-state index contributed by atoms with van der Waals surface area (Å²) in [5, 5.41) is 8.47. The monoisotopic (exact) mass is 946 g/mol. The summed E-state index contributed by atoms with van der Waals surface area (Å²) in [5.74, 6) is 0. The lowest BCUT2D eigenvalue weighted by Gasteiger charge is -2.49. The van der Waals surface area contributed by atoms with Gasteiger partial charge >= 0.3 is 0 Å². The zero-order valence-electron chi connectivity index (χ0n) is 39.9. The van der Waals surface area contributed by atoms with Crippen LogP contribution in [0.2, 0.25) is 0 Å². The first-order chi connectivity index (χ1) is 36.1. The standard InChI is InChI=1S/C70H46N2S/c1-44-17-15-16-40-73-67-52(44)38-39-56-55-37-36-50(46-30-33-48(34-31-46)68-71-64(47-19-3-2-4-20-47)43-65(72-68)51-35-32-45-18-5-6-21-49(45)41-51)42-63(55)70(66(56)67)61-28-13-11-26-59(61)69(60-27-12-14-29-62(60)70)57-24-9-7-22-53(57)54-23-8-10-25-58(54)69/h2-43,68,71H,1H2/b17-15-,40-16-. The number of nitrogens with zero attached hydrogens (tertiary/aromatic N) is 1. The Bertz CT molecular complexity index is 4020. The quantitative estimate of drug-likeness (QED) is 0.190.